The molecule has 1 amide bonds. The van der Waals surface area contributed by atoms with Crippen LogP contribution in [0.4, 0.5) is 5.69 Å². The van der Waals surface area contributed by atoms with Crippen LogP contribution in [0, 0.1) is 0 Å². The van der Waals surface area contributed by atoms with Gasteiger partial charge in [0.15, 0.2) is 5.65 Å². The van der Waals surface area contributed by atoms with Crippen molar-refractivity contribution in [3.05, 3.63) is 43.0 Å². The van der Waals surface area contributed by atoms with Crippen LogP contribution in [0.1, 0.15) is 6.42 Å². The van der Waals surface area contributed by atoms with Gasteiger partial charge in [-0.3, -0.25) is 4.79 Å². The molecule has 0 bridgehead atoms. The van der Waals surface area contributed by atoms with Gasteiger partial charge in [0, 0.05) is 12.2 Å². The fourth-order valence-corrected chi connectivity index (χ4v) is 3.69. The molecule has 6 nitrogen and oxygen atoms in total. The van der Waals surface area contributed by atoms with E-state index in [4.69, 9.17) is 0 Å². The van der Waals surface area contributed by atoms with E-state index >= 15 is 0 Å². The van der Waals surface area contributed by atoms with Crippen LogP contribution in [0.2, 0.25) is 0 Å². The summed E-state index contributed by atoms with van der Waals surface area (Å²) in [5.41, 5.74) is 2.37. The van der Waals surface area contributed by atoms with Gasteiger partial charge in [0.05, 0.1) is 11.6 Å². The Kier molecular flexibility index (Phi) is 3.27. The van der Waals surface area contributed by atoms with Crippen LogP contribution >= 0.6 is 11.8 Å². The van der Waals surface area contributed by atoms with Crippen molar-refractivity contribution >= 4 is 34.5 Å². The van der Waals surface area contributed by atoms with Crippen molar-refractivity contribution in [1.82, 2.24) is 19.9 Å². The number of nitrogens with one attached hydrogen (secondary N) is 1. The predicted molar refractivity (Wildman–Crippen MR) is 84.7 cm³/mol. The van der Waals surface area contributed by atoms with E-state index in [1.807, 2.05) is 35.2 Å². The topological polar surface area (TPSA) is 74.8 Å². The molecule has 3 aromatic rings. The number of nitrogens with zero attached hydrogens (tertiary/aromatic N) is 4. The number of aromatic amines is 1. The smallest absolute Gasteiger partial charge is 0.240 e. The number of rotatable bonds is 3. The van der Waals surface area contributed by atoms with E-state index in [1.54, 1.807) is 6.33 Å². The number of aromatic nitrogens is 4. The molecule has 0 saturated carbocycles. The highest BCUT2D eigenvalue weighted by atomic mass is 32.2. The van der Waals surface area contributed by atoms with E-state index in [0.717, 1.165) is 29.2 Å². The summed E-state index contributed by atoms with van der Waals surface area (Å²) >= 11 is 1.48. The average Bonchev–Trinajstić information content (AvgIpc) is 3.16. The van der Waals surface area contributed by atoms with Crippen molar-refractivity contribution in [2.75, 3.05) is 11.4 Å². The lowest BCUT2D eigenvalue weighted by atomic mass is 10.3. The molecule has 1 saturated heterocycles. The van der Waals surface area contributed by atoms with Gasteiger partial charge in [0.1, 0.15) is 16.9 Å². The van der Waals surface area contributed by atoms with Gasteiger partial charge in [-0.15, -0.1) is 0 Å². The Labute approximate surface area is 131 Å². The molecule has 1 N–H and O–H groups in total. The highest BCUT2D eigenvalue weighted by Gasteiger charge is 2.34. The Hall–Kier alpha value is -2.41. The number of hydrogen-bond acceptors (Lipinski definition) is 5. The second kappa shape index (κ2) is 5.42. The molecule has 1 aliphatic rings. The Morgan fingerprint density at radius 2 is 2.05 bits per heavy atom. The van der Waals surface area contributed by atoms with Gasteiger partial charge in [-0.2, -0.15) is 0 Å². The minimum absolute atomic E-state index is 0.124. The standard InChI is InChI=1S/C15H13N5OS/c21-15-11(6-7-20(15)10-4-2-1-3-5-10)22-14-12-13(17-8-16-12)18-9-19-14/h1-5,8-9,11H,6-7H2,(H,16,17,18,19). The lowest BCUT2D eigenvalue weighted by molar-refractivity contribution is -0.116. The molecule has 0 radical (unpaired) electrons. The van der Waals surface area contributed by atoms with Crippen LogP contribution in [0.5, 0.6) is 0 Å². The summed E-state index contributed by atoms with van der Waals surface area (Å²) in [5, 5.41) is 0.650. The molecule has 7 heteroatoms. The highest BCUT2D eigenvalue weighted by Crippen LogP contribution is 2.34. The van der Waals surface area contributed by atoms with Crippen molar-refractivity contribution in [3.8, 4) is 0 Å². The van der Waals surface area contributed by atoms with Gasteiger partial charge in [0.25, 0.3) is 0 Å². The van der Waals surface area contributed by atoms with Gasteiger partial charge in [-0.05, 0) is 18.6 Å². The summed E-state index contributed by atoms with van der Waals surface area (Å²) < 4.78 is 0. The minimum atomic E-state index is -0.124. The largest absolute Gasteiger partial charge is 0.341 e. The number of imidazole rings is 1. The SMILES string of the molecule is O=C1C(Sc2ncnc3nc[nH]c23)CCN1c1ccccc1. The minimum Gasteiger partial charge on any atom is -0.341 e. The lowest BCUT2D eigenvalue weighted by Gasteiger charge is -2.16. The summed E-state index contributed by atoms with van der Waals surface area (Å²) in [7, 11) is 0. The third-order valence-corrected chi connectivity index (χ3v) is 4.92. The van der Waals surface area contributed by atoms with Crippen molar-refractivity contribution < 1.29 is 4.79 Å². The number of fused-ring (bicyclic) bond motifs is 1. The van der Waals surface area contributed by atoms with E-state index in [1.165, 1.54) is 18.1 Å². The zero-order valence-electron chi connectivity index (χ0n) is 11.6. The second-order valence-corrected chi connectivity index (χ2v) is 6.19. The molecule has 1 fully saturated rings. The van der Waals surface area contributed by atoms with Crippen LogP contribution in [0.3, 0.4) is 0 Å². The number of para-hydroxylation sites is 1. The third kappa shape index (κ3) is 2.23. The van der Waals surface area contributed by atoms with E-state index in [2.05, 4.69) is 19.9 Å². The number of carbonyl (C=O) groups is 1. The molecule has 3 heterocycles. The summed E-state index contributed by atoms with van der Waals surface area (Å²) in [4.78, 5) is 30.0. The molecule has 110 valence electrons. The normalized spacial score (nSPS) is 18.3. The summed E-state index contributed by atoms with van der Waals surface area (Å²) in [6.07, 6.45) is 3.88. The van der Waals surface area contributed by atoms with E-state index < -0.39 is 0 Å². The summed E-state index contributed by atoms with van der Waals surface area (Å²) in [5.74, 6) is 0.127. The maximum atomic E-state index is 12.6. The molecule has 1 unspecified atom stereocenters. The number of thioether (sulfide) groups is 1. The average molecular weight is 311 g/mol. The first-order chi connectivity index (χ1) is 10.8. The first kappa shape index (κ1) is 13.3. The van der Waals surface area contributed by atoms with Crippen molar-refractivity contribution in [3.63, 3.8) is 0 Å². The molecule has 1 aromatic carbocycles. The maximum absolute atomic E-state index is 12.6. The molecular weight excluding hydrogens is 298 g/mol. The Bertz CT molecular complexity index is 819. The first-order valence-corrected chi connectivity index (χ1v) is 7.88. The third-order valence-electron chi connectivity index (χ3n) is 3.67. The van der Waals surface area contributed by atoms with E-state index in [0.29, 0.717) is 5.65 Å². The van der Waals surface area contributed by atoms with Crippen LogP contribution in [-0.2, 0) is 4.79 Å². The summed E-state index contributed by atoms with van der Waals surface area (Å²) in [6, 6.07) is 9.76. The molecule has 1 atom stereocenters. The number of anilines is 1. The van der Waals surface area contributed by atoms with Gasteiger partial charge in [0.2, 0.25) is 5.91 Å². The summed E-state index contributed by atoms with van der Waals surface area (Å²) in [6.45, 7) is 0.734. The van der Waals surface area contributed by atoms with Crippen LogP contribution in [0.25, 0.3) is 11.2 Å². The highest BCUT2D eigenvalue weighted by molar-refractivity contribution is 8.00. The first-order valence-electron chi connectivity index (χ1n) is 7.00. The molecule has 1 aliphatic heterocycles. The van der Waals surface area contributed by atoms with Crippen molar-refractivity contribution in [2.24, 2.45) is 0 Å². The lowest BCUT2D eigenvalue weighted by Crippen LogP contribution is -2.27. The Balaban J connectivity index is 1.57. The number of hydrogen-bond donors (Lipinski definition) is 1. The van der Waals surface area contributed by atoms with E-state index in [-0.39, 0.29) is 11.2 Å². The number of amides is 1. The van der Waals surface area contributed by atoms with E-state index in [9.17, 15) is 4.79 Å². The molecule has 22 heavy (non-hydrogen) atoms. The van der Waals surface area contributed by atoms with Crippen LogP contribution in [-0.4, -0.2) is 37.6 Å². The zero-order chi connectivity index (χ0) is 14.9. The number of carbonyl (C=O) groups excluding carboxylic acids is 1. The van der Waals surface area contributed by atoms with Gasteiger partial charge in [-0.25, -0.2) is 15.0 Å². The van der Waals surface area contributed by atoms with Crippen LogP contribution in [0.15, 0.2) is 48.0 Å². The predicted octanol–water partition coefficient (Wildman–Crippen LogP) is 2.25. The van der Waals surface area contributed by atoms with Crippen molar-refractivity contribution in [1.29, 1.82) is 0 Å². The molecular formula is C15H13N5OS. The number of H-pyrrole nitrogens is 1. The quantitative estimate of drug-likeness (QED) is 0.751. The monoisotopic (exact) mass is 311 g/mol. The van der Waals surface area contributed by atoms with Crippen LogP contribution < -0.4 is 4.90 Å². The number of benzene rings is 1. The Morgan fingerprint density at radius 1 is 1.18 bits per heavy atom. The van der Waals surface area contributed by atoms with Gasteiger partial charge in [-0.1, -0.05) is 30.0 Å². The zero-order valence-corrected chi connectivity index (χ0v) is 12.5. The molecule has 2 aromatic heterocycles. The Morgan fingerprint density at radius 3 is 2.91 bits per heavy atom. The van der Waals surface area contributed by atoms with Gasteiger partial charge < -0.3 is 9.88 Å². The molecule has 0 aliphatic carbocycles. The van der Waals surface area contributed by atoms with Gasteiger partial charge >= 0.3 is 0 Å². The fraction of sp³-hybridized carbons (Fsp3) is 0.200. The second-order valence-electron chi connectivity index (χ2n) is 5.00. The van der Waals surface area contributed by atoms with Crippen molar-refractivity contribution in [2.45, 2.75) is 16.7 Å². The fourth-order valence-electron chi connectivity index (χ4n) is 2.59. The molecule has 4 rings (SSSR count). The maximum Gasteiger partial charge on any atom is 0.240 e. The molecule has 0 spiro atoms.